The first-order valence-corrected chi connectivity index (χ1v) is 7.88. The molecule has 24 heavy (non-hydrogen) atoms. The smallest absolute Gasteiger partial charge is 0.255 e. The van der Waals surface area contributed by atoms with Gasteiger partial charge in [-0.05, 0) is 24.6 Å². The number of aromatic amines is 1. The molecular formula is C17H16ClN3O3. The van der Waals surface area contributed by atoms with Crippen molar-refractivity contribution in [3.63, 3.8) is 0 Å². The summed E-state index contributed by atoms with van der Waals surface area (Å²) in [6, 6.07) is 9.31. The van der Waals surface area contributed by atoms with Gasteiger partial charge in [0.1, 0.15) is 6.04 Å². The van der Waals surface area contributed by atoms with Gasteiger partial charge in [-0.25, -0.2) is 0 Å². The molecule has 2 amide bonds. The number of H-pyrrole nitrogens is 1. The lowest BCUT2D eigenvalue weighted by Gasteiger charge is -2.24. The van der Waals surface area contributed by atoms with Gasteiger partial charge >= 0.3 is 0 Å². The monoisotopic (exact) mass is 345 g/mol. The van der Waals surface area contributed by atoms with Gasteiger partial charge < -0.3 is 14.8 Å². The fraction of sp³-hybridized carbons (Fsp3) is 0.235. The molecule has 124 valence electrons. The van der Waals surface area contributed by atoms with Crippen molar-refractivity contribution in [2.24, 2.45) is 0 Å². The van der Waals surface area contributed by atoms with E-state index in [9.17, 15) is 14.4 Å². The summed E-state index contributed by atoms with van der Waals surface area (Å²) in [5, 5.41) is 0.501. The third-order valence-corrected chi connectivity index (χ3v) is 4.46. The van der Waals surface area contributed by atoms with Crippen molar-refractivity contribution in [2.45, 2.75) is 12.5 Å². The highest BCUT2D eigenvalue weighted by Crippen LogP contribution is 2.30. The number of nitrogens with one attached hydrogen (secondary N) is 1. The largest absolute Gasteiger partial charge is 0.330 e. The van der Waals surface area contributed by atoms with E-state index in [-0.39, 0.29) is 17.4 Å². The molecule has 1 aromatic carbocycles. The second-order valence-electron chi connectivity index (χ2n) is 5.60. The molecule has 0 unspecified atom stereocenters. The normalized spacial score (nSPS) is 17.2. The van der Waals surface area contributed by atoms with Gasteiger partial charge in [-0.2, -0.15) is 0 Å². The third-order valence-electron chi connectivity index (χ3n) is 4.14. The van der Waals surface area contributed by atoms with Gasteiger partial charge in [0.2, 0.25) is 11.5 Å². The Bertz CT molecular complexity index is 828. The minimum Gasteiger partial charge on any atom is -0.330 e. The molecule has 2 aromatic rings. The van der Waals surface area contributed by atoms with Gasteiger partial charge in [-0.1, -0.05) is 23.7 Å². The van der Waals surface area contributed by atoms with Gasteiger partial charge in [0, 0.05) is 25.9 Å². The van der Waals surface area contributed by atoms with E-state index in [2.05, 4.69) is 4.98 Å². The molecule has 1 saturated heterocycles. The van der Waals surface area contributed by atoms with Crippen molar-refractivity contribution in [2.75, 3.05) is 18.5 Å². The van der Waals surface area contributed by atoms with Gasteiger partial charge in [0.25, 0.3) is 5.91 Å². The highest BCUT2D eigenvalue weighted by molar-refractivity contribution is 6.34. The highest BCUT2D eigenvalue weighted by atomic mass is 35.5. The molecule has 7 heteroatoms. The van der Waals surface area contributed by atoms with E-state index in [1.54, 1.807) is 30.1 Å². The van der Waals surface area contributed by atoms with Crippen LogP contribution in [0.25, 0.3) is 0 Å². The molecule has 1 atom stereocenters. The Morgan fingerprint density at radius 2 is 2.00 bits per heavy atom. The molecule has 0 spiro atoms. The second-order valence-corrected chi connectivity index (χ2v) is 6.01. The number of nitrogens with zero attached hydrogens (tertiary/aromatic N) is 2. The van der Waals surface area contributed by atoms with Crippen LogP contribution in [0.5, 0.6) is 0 Å². The van der Waals surface area contributed by atoms with Crippen molar-refractivity contribution in [3.8, 4) is 0 Å². The number of pyridine rings is 1. The summed E-state index contributed by atoms with van der Waals surface area (Å²) < 4.78 is 0. The van der Waals surface area contributed by atoms with Gasteiger partial charge in [-0.15, -0.1) is 0 Å². The van der Waals surface area contributed by atoms with E-state index in [4.69, 9.17) is 11.6 Å². The summed E-state index contributed by atoms with van der Waals surface area (Å²) in [4.78, 5) is 41.8. The first kappa shape index (κ1) is 16.3. The van der Waals surface area contributed by atoms with Crippen molar-refractivity contribution in [1.29, 1.82) is 0 Å². The zero-order valence-electron chi connectivity index (χ0n) is 13.0. The first-order valence-electron chi connectivity index (χ1n) is 7.51. The third kappa shape index (κ3) is 2.92. The fourth-order valence-electron chi connectivity index (χ4n) is 2.82. The van der Waals surface area contributed by atoms with E-state index in [1.165, 1.54) is 23.2 Å². The number of rotatable bonds is 3. The van der Waals surface area contributed by atoms with E-state index in [0.29, 0.717) is 29.2 Å². The zero-order valence-corrected chi connectivity index (χ0v) is 13.8. The van der Waals surface area contributed by atoms with Crippen LogP contribution >= 0.6 is 11.6 Å². The Morgan fingerprint density at radius 3 is 2.67 bits per heavy atom. The van der Waals surface area contributed by atoms with Gasteiger partial charge in [0.15, 0.2) is 0 Å². The van der Waals surface area contributed by atoms with E-state index >= 15 is 0 Å². The molecule has 1 aliphatic rings. The van der Waals surface area contributed by atoms with Crippen LogP contribution in [0.3, 0.4) is 0 Å². The van der Waals surface area contributed by atoms with Gasteiger partial charge in [-0.3, -0.25) is 14.4 Å². The van der Waals surface area contributed by atoms with E-state index in [0.717, 1.165) is 0 Å². The molecule has 0 radical (unpaired) electrons. The number of benzene rings is 1. The summed E-state index contributed by atoms with van der Waals surface area (Å²) >= 11 is 6.16. The molecule has 0 bridgehead atoms. The number of carbonyl (C=O) groups is 2. The van der Waals surface area contributed by atoms with Crippen LogP contribution in [0.2, 0.25) is 5.02 Å². The standard InChI is InChI=1S/C17H16ClN3O3/c1-20(16(23)11-6-7-15(22)19-10-11)14-8-9-21(17(14)24)13-5-3-2-4-12(13)18/h2-7,10,14H,8-9H2,1H3,(H,19,22)/t14-/m0/s1. The number of halogens is 1. The average Bonchev–Trinajstić information content (AvgIpc) is 2.96. The summed E-state index contributed by atoms with van der Waals surface area (Å²) in [5.41, 5.74) is 0.702. The Kier molecular flexibility index (Phi) is 4.40. The molecule has 0 saturated carbocycles. The molecule has 3 rings (SSSR count). The number of hydrogen-bond acceptors (Lipinski definition) is 3. The summed E-state index contributed by atoms with van der Waals surface area (Å²) in [6.45, 7) is 0.497. The SMILES string of the molecule is CN(C(=O)c1ccc(=O)[nH]c1)[C@H]1CCN(c2ccccc2Cl)C1=O. The lowest BCUT2D eigenvalue weighted by Crippen LogP contribution is -2.43. The summed E-state index contributed by atoms with van der Waals surface area (Å²) in [6.07, 6.45) is 1.88. The molecule has 1 N–H and O–H groups in total. The van der Waals surface area contributed by atoms with Crippen LogP contribution < -0.4 is 10.5 Å². The molecule has 6 nitrogen and oxygen atoms in total. The van der Waals surface area contributed by atoms with Crippen molar-refractivity contribution >= 4 is 29.1 Å². The minimum atomic E-state index is -0.555. The maximum Gasteiger partial charge on any atom is 0.255 e. The quantitative estimate of drug-likeness (QED) is 0.923. The van der Waals surface area contributed by atoms with Crippen LogP contribution in [-0.2, 0) is 4.79 Å². The second kappa shape index (κ2) is 6.49. The van der Waals surface area contributed by atoms with Crippen molar-refractivity contribution < 1.29 is 9.59 Å². The van der Waals surface area contributed by atoms with E-state index in [1.807, 2.05) is 6.07 Å². The topological polar surface area (TPSA) is 73.5 Å². The lowest BCUT2D eigenvalue weighted by atomic mass is 10.2. The number of anilines is 1. The number of likely N-dealkylation sites (N-methyl/N-ethyl adjacent to an activating group) is 1. The number of hydrogen-bond donors (Lipinski definition) is 1. The zero-order chi connectivity index (χ0) is 17.3. The maximum absolute atomic E-state index is 12.7. The highest BCUT2D eigenvalue weighted by Gasteiger charge is 2.38. The molecule has 1 aromatic heterocycles. The van der Waals surface area contributed by atoms with E-state index < -0.39 is 6.04 Å². The molecule has 2 heterocycles. The number of amides is 2. The maximum atomic E-state index is 12.7. The lowest BCUT2D eigenvalue weighted by molar-refractivity contribution is -0.120. The fourth-order valence-corrected chi connectivity index (χ4v) is 3.06. The average molecular weight is 346 g/mol. The predicted octanol–water partition coefficient (Wildman–Crippen LogP) is 1.91. The van der Waals surface area contributed by atoms with Crippen LogP contribution in [0.4, 0.5) is 5.69 Å². The number of para-hydroxylation sites is 1. The Balaban J connectivity index is 1.79. The molecule has 1 aliphatic heterocycles. The van der Waals surface area contributed by atoms with Crippen molar-refractivity contribution in [1.82, 2.24) is 9.88 Å². The first-order chi connectivity index (χ1) is 11.5. The van der Waals surface area contributed by atoms with Gasteiger partial charge in [0.05, 0.1) is 16.3 Å². The Hall–Kier alpha value is -2.60. The molecular weight excluding hydrogens is 330 g/mol. The predicted molar refractivity (Wildman–Crippen MR) is 91.4 cm³/mol. The Morgan fingerprint density at radius 1 is 1.25 bits per heavy atom. The van der Waals surface area contributed by atoms with Crippen LogP contribution in [-0.4, -0.2) is 41.3 Å². The van der Waals surface area contributed by atoms with Crippen LogP contribution in [0.1, 0.15) is 16.8 Å². The van der Waals surface area contributed by atoms with Crippen molar-refractivity contribution in [3.05, 3.63) is 63.5 Å². The number of carbonyl (C=O) groups excluding carboxylic acids is 2. The van der Waals surface area contributed by atoms with Crippen LogP contribution in [0.15, 0.2) is 47.4 Å². The van der Waals surface area contributed by atoms with Crippen LogP contribution in [0, 0.1) is 0 Å². The summed E-state index contributed by atoms with van der Waals surface area (Å²) in [7, 11) is 1.59. The molecule has 0 aliphatic carbocycles. The Labute approximate surface area is 143 Å². The molecule has 1 fully saturated rings. The summed E-state index contributed by atoms with van der Waals surface area (Å²) in [5.74, 6) is -0.478. The number of aromatic nitrogens is 1. The minimum absolute atomic E-state index is 0.164.